The van der Waals surface area contributed by atoms with E-state index in [-0.39, 0.29) is 0 Å². The minimum absolute atomic E-state index is 1.50. The zero-order valence-corrected chi connectivity index (χ0v) is 6.52. The molecule has 0 aliphatic rings. The summed E-state index contributed by atoms with van der Waals surface area (Å²) >= 11 is 1.76. The zero-order valence-electron chi connectivity index (χ0n) is 3.91. The first-order valence-corrected chi connectivity index (χ1v) is 5.21. The van der Waals surface area contributed by atoms with Gasteiger partial charge in [-0.05, 0) is 0 Å². The van der Waals surface area contributed by atoms with Crippen molar-refractivity contribution in [1.82, 2.24) is 0 Å². The van der Waals surface area contributed by atoms with Gasteiger partial charge in [0.05, 0.1) is 0 Å². The van der Waals surface area contributed by atoms with Crippen molar-refractivity contribution in [2.75, 3.05) is 0 Å². The summed E-state index contributed by atoms with van der Waals surface area (Å²) in [6.45, 7) is 0. The average molecular weight is 224 g/mol. The summed E-state index contributed by atoms with van der Waals surface area (Å²) in [4.78, 5) is 31.4. The first-order chi connectivity index (χ1) is 3.73. The summed E-state index contributed by atoms with van der Waals surface area (Å²) in [5, 5.41) is 13.6. The van der Waals surface area contributed by atoms with Gasteiger partial charge in [0.15, 0.2) is 0 Å². The van der Waals surface area contributed by atoms with Gasteiger partial charge in [-0.2, -0.15) is 0 Å². The van der Waals surface area contributed by atoms with E-state index in [4.69, 9.17) is 30.0 Å². The van der Waals surface area contributed by atoms with Crippen molar-refractivity contribution < 1.29 is 25.0 Å². The van der Waals surface area contributed by atoms with Gasteiger partial charge in [0.2, 0.25) is 0 Å². The predicted molar refractivity (Wildman–Crippen MR) is 28.1 cm³/mol. The third-order valence-electron chi connectivity index (χ3n) is 0. The van der Waals surface area contributed by atoms with Gasteiger partial charge in [-0.25, -0.2) is 0 Å². The molecule has 0 bridgehead atoms. The van der Waals surface area contributed by atoms with Crippen LogP contribution in [0.2, 0.25) is 0 Å². The molecule has 0 saturated heterocycles. The Balaban J connectivity index is 0. The molecule has 7 nitrogen and oxygen atoms in total. The van der Waals surface area contributed by atoms with Crippen LogP contribution in [0, 0.1) is 10.1 Å². The third kappa shape index (κ3) is 336000. The van der Waals surface area contributed by atoms with E-state index in [0.29, 0.717) is 0 Å². The van der Waals surface area contributed by atoms with Crippen LogP contribution in [-0.4, -0.2) is 40.1 Å². The van der Waals surface area contributed by atoms with Gasteiger partial charge in [0.25, 0.3) is 5.09 Å². The van der Waals surface area contributed by atoms with Crippen LogP contribution in [0.5, 0.6) is 0 Å². The zero-order chi connectivity index (χ0) is 8.08. The van der Waals surface area contributed by atoms with E-state index in [1.165, 1.54) is 0 Å². The van der Waals surface area contributed by atoms with Gasteiger partial charge in [-0.3, -0.25) is 0 Å². The van der Waals surface area contributed by atoms with Crippen molar-refractivity contribution in [2.24, 2.45) is 0 Å². The Kier molecular flexibility index (Phi) is 6.37. The summed E-state index contributed by atoms with van der Waals surface area (Å²) < 4.78 is 0. The fourth-order valence-electron chi connectivity index (χ4n) is 0. The van der Waals surface area contributed by atoms with Crippen LogP contribution < -0.4 is 0 Å². The fraction of sp³-hybridized carbons (Fsp3) is 0. The maximum absolute atomic E-state index is 8.36. The summed E-state index contributed by atoms with van der Waals surface area (Å²) in [6.07, 6.45) is -3.51. The first kappa shape index (κ1) is 11.8. The number of hydrogen-bond donors (Lipinski definition) is 4. The van der Waals surface area contributed by atoms with Gasteiger partial charge in [-0.15, -0.1) is 10.1 Å². The van der Waals surface area contributed by atoms with Crippen molar-refractivity contribution in [3.05, 3.63) is 10.1 Å². The molecule has 0 aliphatic heterocycles. The van der Waals surface area contributed by atoms with E-state index in [1.807, 2.05) is 0 Å². The minimum atomic E-state index is -3.51. The van der Waals surface area contributed by atoms with Gasteiger partial charge >= 0.3 is 36.0 Å². The normalized spacial score (nSPS) is 9.22. The van der Waals surface area contributed by atoms with E-state index in [2.05, 4.69) is 0 Å². The van der Waals surface area contributed by atoms with Crippen LogP contribution in [0.25, 0.3) is 0 Å². The molecule has 9 heavy (non-hydrogen) atoms. The maximum atomic E-state index is 8.36. The first-order valence-electron chi connectivity index (χ1n) is 1.35. The molecule has 0 saturated carbocycles. The molecule has 56 valence electrons. The second-order valence-corrected chi connectivity index (χ2v) is 4.86. The molecule has 0 radical (unpaired) electrons. The third-order valence-corrected chi connectivity index (χ3v) is 0. The molecule has 0 aliphatic carbocycles. The van der Waals surface area contributed by atoms with Gasteiger partial charge in [0.1, 0.15) is 0 Å². The summed E-state index contributed by atoms with van der Waals surface area (Å²) in [5.74, 6) is 0. The van der Waals surface area contributed by atoms with E-state index in [1.54, 1.807) is 15.1 Å². The molecule has 9 heteroatoms. The van der Waals surface area contributed by atoms with Gasteiger partial charge in [-0.1, -0.05) is 0 Å². The van der Waals surface area contributed by atoms with E-state index in [9.17, 15) is 0 Å². The monoisotopic (exact) mass is 225 g/mol. The second-order valence-electron chi connectivity index (χ2n) is 0.751. The molecular weight excluding hydrogens is 220 g/mol. The van der Waals surface area contributed by atoms with E-state index in [0.717, 1.165) is 0 Å². The number of hydrogen-bond acceptors (Lipinski definition) is 5. The Morgan fingerprint density at radius 3 is 1.44 bits per heavy atom. The van der Waals surface area contributed by atoms with Crippen LogP contribution in [0.1, 0.15) is 0 Å². The number of rotatable bonds is 0. The standard InChI is InChI=1S/HNO3.H3O3PSe/c2-1(3)4;1-4(2,3)5/h(H,2,3,4);(H3,1,2,3,5). The van der Waals surface area contributed by atoms with E-state index >= 15 is 0 Å². The average Bonchev–Trinajstić information content (AvgIpc) is 1.19. The van der Waals surface area contributed by atoms with Crippen LogP contribution in [0.4, 0.5) is 0 Å². The van der Waals surface area contributed by atoms with Gasteiger partial charge < -0.3 is 5.21 Å². The van der Waals surface area contributed by atoms with Crippen molar-refractivity contribution in [2.45, 2.75) is 0 Å². The molecule has 0 aromatic rings. The topological polar surface area (TPSA) is 124 Å². The van der Waals surface area contributed by atoms with Crippen molar-refractivity contribution in [3.63, 3.8) is 0 Å². The number of nitrogens with zero attached hydrogens (tertiary/aromatic N) is 1. The molecular formula is H4NO6PSe. The molecule has 0 aromatic carbocycles. The van der Waals surface area contributed by atoms with Crippen LogP contribution >= 0.6 is 6.19 Å². The van der Waals surface area contributed by atoms with Gasteiger partial charge in [0, 0.05) is 0 Å². The predicted octanol–water partition coefficient (Wildman–Crippen LogP) is -1.54. The van der Waals surface area contributed by atoms with Crippen molar-refractivity contribution >= 4 is 21.3 Å². The molecule has 0 unspecified atom stereocenters. The quantitative estimate of drug-likeness (QED) is 0.171. The molecule has 0 amide bonds. The molecule has 0 fully saturated rings. The summed E-state index contributed by atoms with van der Waals surface area (Å²) in [6, 6.07) is 0. The molecule has 4 N–H and O–H groups in total. The van der Waals surface area contributed by atoms with Crippen LogP contribution in [-0.2, 0) is 0 Å². The Morgan fingerprint density at radius 2 is 1.44 bits per heavy atom. The second kappa shape index (κ2) is 4.87. The van der Waals surface area contributed by atoms with Crippen LogP contribution in [0.3, 0.4) is 0 Å². The summed E-state index contributed by atoms with van der Waals surface area (Å²) in [5.41, 5.74) is 0. The van der Waals surface area contributed by atoms with E-state index < -0.39 is 11.3 Å². The summed E-state index contributed by atoms with van der Waals surface area (Å²) in [7, 11) is 0. The Labute approximate surface area is 57.1 Å². The van der Waals surface area contributed by atoms with Crippen LogP contribution in [0.15, 0.2) is 0 Å². The molecule has 0 rings (SSSR count). The fourth-order valence-corrected chi connectivity index (χ4v) is 0. The van der Waals surface area contributed by atoms with Crippen molar-refractivity contribution in [1.29, 1.82) is 0 Å². The molecule has 0 aromatic heterocycles. The SMILES string of the molecule is O=[N+]([O-])O.OP(O)(O)=[Se]. The molecule has 0 heterocycles. The van der Waals surface area contributed by atoms with Crippen molar-refractivity contribution in [3.8, 4) is 0 Å². The Hall–Kier alpha value is 0.0295. The molecule has 0 spiro atoms. The Bertz CT molecular complexity index is 113. The Morgan fingerprint density at radius 1 is 1.44 bits per heavy atom. The molecule has 0 atom stereocenters.